The van der Waals surface area contributed by atoms with Gasteiger partial charge in [0.1, 0.15) is 0 Å². The molecule has 0 spiro atoms. The van der Waals surface area contributed by atoms with E-state index < -0.39 is 12.0 Å². The van der Waals surface area contributed by atoms with E-state index in [2.05, 4.69) is 27.9 Å². The molecule has 4 nitrogen and oxygen atoms in total. The summed E-state index contributed by atoms with van der Waals surface area (Å²) in [4.78, 5) is 10.3. The Balaban J connectivity index is 1.38. The Morgan fingerprint density at radius 2 is 1.88 bits per heavy atom. The van der Waals surface area contributed by atoms with Crippen molar-refractivity contribution in [3.63, 3.8) is 0 Å². The molecule has 178 valence electrons. The van der Waals surface area contributed by atoms with Gasteiger partial charge in [-0.25, -0.2) is 9.97 Å². The van der Waals surface area contributed by atoms with Gasteiger partial charge in [0.15, 0.2) is 0 Å². The molecular weight excluding hydrogens is 449 g/mol. The molecule has 2 aromatic rings. The molecule has 0 atom stereocenters. The topological polar surface area (TPSA) is 55.0 Å². The Kier molecular flexibility index (Phi) is 5.73. The van der Waals surface area contributed by atoms with Crippen LogP contribution in [0.1, 0.15) is 79.7 Å². The summed E-state index contributed by atoms with van der Waals surface area (Å²) in [5.41, 5.74) is 9.42. The Morgan fingerprint density at radius 1 is 1.15 bits per heavy atom. The fourth-order valence-electron chi connectivity index (χ4n) is 5.75. The van der Waals surface area contributed by atoms with E-state index in [0.29, 0.717) is 35.9 Å². The summed E-state index contributed by atoms with van der Waals surface area (Å²) in [7, 11) is 0. The summed E-state index contributed by atoms with van der Waals surface area (Å²) in [5.74, 6) is -0.815. The molecule has 1 aromatic carbocycles. The van der Waals surface area contributed by atoms with Gasteiger partial charge in [0.05, 0.1) is 11.4 Å². The number of alkyl halides is 3. The van der Waals surface area contributed by atoms with Crippen molar-refractivity contribution >= 4 is 11.6 Å². The molecule has 2 fully saturated rings. The first-order valence-corrected chi connectivity index (χ1v) is 12.2. The first kappa shape index (κ1) is 23.1. The molecule has 0 amide bonds. The number of fused-ring (bicyclic) bond motifs is 1. The molecule has 0 saturated heterocycles. The average Bonchev–Trinajstić information content (AvgIpc) is 3.63. The van der Waals surface area contributed by atoms with E-state index in [1.165, 1.54) is 5.56 Å². The first-order chi connectivity index (χ1) is 15.6. The molecule has 0 radical (unpaired) electrons. The molecular formula is C25H30ClF3N4. The summed E-state index contributed by atoms with van der Waals surface area (Å²) in [6.07, 6.45) is 1.75. The number of benzene rings is 1. The van der Waals surface area contributed by atoms with Crippen LogP contribution in [0, 0.1) is 0 Å². The quantitative estimate of drug-likeness (QED) is 0.620. The highest BCUT2D eigenvalue weighted by Crippen LogP contribution is 2.47. The van der Waals surface area contributed by atoms with Crippen molar-refractivity contribution in [1.82, 2.24) is 14.9 Å². The molecule has 8 heteroatoms. The minimum atomic E-state index is -4.52. The largest absolute Gasteiger partial charge is 0.451 e. The Hall–Kier alpha value is -1.70. The minimum absolute atomic E-state index is 0.0992. The molecule has 2 aliphatic carbocycles. The van der Waals surface area contributed by atoms with Gasteiger partial charge in [-0.05, 0) is 75.1 Å². The van der Waals surface area contributed by atoms with Gasteiger partial charge in [-0.3, -0.25) is 4.90 Å². The zero-order valence-corrected chi connectivity index (χ0v) is 19.6. The lowest BCUT2D eigenvalue weighted by atomic mass is 9.64. The summed E-state index contributed by atoms with van der Waals surface area (Å²) in [5, 5.41) is 0.716. The third kappa shape index (κ3) is 4.28. The maximum atomic E-state index is 13.5. The van der Waals surface area contributed by atoms with Crippen molar-refractivity contribution in [3.05, 3.63) is 57.6 Å². The predicted octanol–water partition coefficient (Wildman–Crippen LogP) is 5.61. The highest BCUT2D eigenvalue weighted by atomic mass is 35.5. The summed E-state index contributed by atoms with van der Waals surface area (Å²) in [6.45, 7) is 4.07. The van der Waals surface area contributed by atoms with E-state index >= 15 is 0 Å². The highest BCUT2D eigenvalue weighted by molar-refractivity contribution is 6.30. The molecule has 2 saturated carbocycles. The second-order valence-corrected chi connectivity index (χ2v) is 10.7. The Bertz CT molecular complexity index is 1040. The average molecular weight is 479 g/mol. The standard InChI is InChI=1S/C25H30ClF3N4/c1-23(8-10-24(15-30,11-9-23)17-3-2-4-18(26)13-17)33-12-7-19-20(14-33)31-22(25(27,28)29)32-21(19)16-5-6-16/h2-4,13,16H,5-12,14-15,30H2,1H3/t23-,24-. The van der Waals surface area contributed by atoms with Gasteiger partial charge in [-0.1, -0.05) is 23.7 Å². The number of halogens is 4. The monoisotopic (exact) mass is 478 g/mol. The smallest absolute Gasteiger partial charge is 0.330 e. The van der Waals surface area contributed by atoms with Crippen molar-refractivity contribution in [3.8, 4) is 0 Å². The van der Waals surface area contributed by atoms with E-state index in [1.54, 1.807) is 0 Å². The van der Waals surface area contributed by atoms with Crippen LogP contribution in [0.3, 0.4) is 0 Å². The van der Waals surface area contributed by atoms with Crippen molar-refractivity contribution in [1.29, 1.82) is 0 Å². The van der Waals surface area contributed by atoms with Crippen LogP contribution >= 0.6 is 11.6 Å². The van der Waals surface area contributed by atoms with Gasteiger partial charge in [-0.15, -0.1) is 0 Å². The lowest BCUT2D eigenvalue weighted by Crippen LogP contribution is -2.54. The third-order valence-electron chi connectivity index (χ3n) is 8.19. The van der Waals surface area contributed by atoms with Crippen LogP contribution in [0.15, 0.2) is 24.3 Å². The van der Waals surface area contributed by atoms with Crippen molar-refractivity contribution in [2.45, 2.75) is 81.5 Å². The number of hydrogen-bond donors (Lipinski definition) is 1. The van der Waals surface area contributed by atoms with Crippen LogP contribution in [0.2, 0.25) is 5.02 Å². The Labute approximate surface area is 197 Å². The summed E-state index contributed by atoms with van der Waals surface area (Å²) in [6, 6.07) is 7.97. The molecule has 33 heavy (non-hydrogen) atoms. The molecule has 2 N–H and O–H groups in total. The second kappa shape index (κ2) is 8.21. The minimum Gasteiger partial charge on any atom is -0.330 e. The number of aromatic nitrogens is 2. The molecule has 0 bridgehead atoms. The lowest BCUT2D eigenvalue weighted by Gasteiger charge is -2.51. The van der Waals surface area contributed by atoms with Gasteiger partial charge in [-0.2, -0.15) is 13.2 Å². The number of rotatable bonds is 4. The lowest BCUT2D eigenvalue weighted by molar-refractivity contribution is -0.145. The van der Waals surface area contributed by atoms with Gasteiger partial charge >= 0.3 is 6.18 Å². The highest BCUT2D eigenvalue weighted by Gasteiger charge is 2.46. The maximum absolute atomic E-state index is 13.5. The zero-order valence-electron chi connectivity index (χ0n) is 18.9. The van der Waals surface area contributed by atoms with Crippen molar-refractivity contribution < 1.29 is 13.2 Å². The molecule has 3 aliphatic rings. The molecule has 1 aromatic heterocycles. The van der Waals surface area contributed by atoms with Crippen LogP contribution < -0.4 is 5.73 Å². The molecule has 2 heterocycles. The summed E-state index contributed by atoms with van der Waals surface area (Å²) >= 11 is 6.25. The van der Waals surface area contributed by atoms with E-state index in [9.17, 15) is 13.2 Å². The van der Waals surface area contributed by atoms with Gasteiger partial charge in [0.25, 0.3) is 0 Å². The first-order valence-electron chi connectivity index (χ1n) is 11.8. The van der Waals surface area contributed by atoms with Crippen LogP contribution in [0.25, 0.3) is 0 Å². The normalized spacial score (nSPS) is 28.5. The molecule has 5 rings (SSSR count). The van der Waals surface area contributed by atoms with Crippen LogP contribution in [0.5, 0.6) is 0 Å². The maximum Gasteiger partial charge on any atom is 0.451 e. The second-order valence-electron chi connectivity index (χ2n) is 10.3. The van der Waals surface area contributed by atoms with Crippen LogP contribution in [-0.4, -0.2) is 33.5 Å². The molecule has 1 aliphatic heterocycles. The van der Waals surface area contributed by atoms with Crippen LogP contribution in [0.4, 0.5) is 13.2 Å². The predicted molar refractivity (Wildman–Crippen MR) is 122 cm³/mol. The van der Waals surface area contributed by atoms with Gasteiger partial charge in [0.2, 0.25) is 5.82 Å². The fourth-order valence-corrected chi connectivity index (χ4v) is 5.94. The zero-order chi connectivity index (χ0) is 23.4. The number of nitrogens with two attached hydrogens (primary N) is 1. The van der Waals surface area contributed by atoms with Crippen LogP contribution in [-0.2, 0) is 24.6 Å². The van der Waals surface area contributed by atoms with Crippen molar-refractivity contribution in [2.75, 3.05) is 13.1 Å². The number of nitrogens with zero attached hydrogens (tertiary/aromatic N) is 3. The van der Waals surface area contributed by atoms with Gasteiger partial charge < -0.3 is 5.73 Å². The Morgan fingerprint density at radius 3 is 2.48 bits per heavy atom. The summed E-state index contributed by atoms with van der Waals surface area (Å²) < 4.78 is 40.5. The van der Waals surface area contributed by atoms with E-state index in [0.717, 1.165) is 50.6 Å². The van der Waals surface area contributed by atoms with E-state index in [-0.39, 0.29) is 16.9 Å². The van der Waals surface area contributed by atoms with E-state index in [1.807, 2.05) is 18.2 Å². The number of hydrogen-bond acceptors (Lipinski definition) is 4. The fraction of sp³-hybridized carbons (Fsp3) is 0.600. The third-order valence-corrected chi connectivity index (χ3v) is 8.43. The molecule has 0 unspecified atom stereocenters. The van der Waals surface area contributed by atoms with Crippen molar-refractivity contribution in [2.24, 2.45) is 5.73 Å². The van der Waals surface area contributed by atoms with Gasteiger partial charge in [0, 0.05) is 41.5 Å². The SMILES string of the molecule is C[C@]1(N2CCc3c(nc(C(F)(F)F)nc3C3CC3)C2)CC[C@](CN)(c2cccc(Cl)c2)CC1. The van der Waals surface area contributed by atoms with E-state index in [4.69, 9.17) is 17.3 Å².